The van der Waals surface area contributed by atoms with Gasteiger partial charge in [0.25, 0.3) is 0 Å². The van der Waals surface area contributed by atoms with E-state index in [1.54, 1.807) is 0 Å². The lowest BCUT2D eigenvalue weighted by atomic mass is 9.80. The Labute approximate surface area is 112 Å². The number of carboxylic acids is 1. The van der Waals surface area contributed by atoms with Crippen LogP contribution in [0.4, 0.5) is 0 Å². The molecule has 0 radical (unpaired) electrons. The maximum Gasteiger partial charge on any atom is 0.310 e. The summed E-state index contributed by atoms with van der Waals surface area (Å²) in [5.74, 6) is 0.100. The third kappa shape index (κ3) is 4.60. The summed E-state index contributed by atoms with van der Waals surface area (Å²) in [6, 6.07) is 0. The molecule has 106 valence electrons. The molecule has 0 saturated heterocycles. The minimum Gasteiger partial charge on any atom is -0.481 e. The number of aliphatic carboxylic acids is 1. The molecule has 0 aliphatic heterocycles. The molecule has 1 fully saturated rings. The summed E-state index contributed by atoms with van der Waals surface area (Å²) in [6.45, 7) is 6.15. The predicted molar refractivity (Wildman–Crippen MR) is 74.7 cm³/mol. The highest BCUT2D eigenvalue weighted by Gasteiger charge is 2.39. The normalized spacial score (nSPS) is 20.1. The third-order valence-electron chi connectivity index (χ3n) is 4.18. The Hall–Kier alpha value is -0.570. The van der Waals surface area contributed by atoms with Gasteiger partial charge in [-0.3, -0.25) is 4.79 Å². The molecule has 3 heteroatoms. The lowest BCUT2D eigenvalue weighted by Crippen LogP contribution is -2.42. The van der Waals surface area contributed by atoms with Crippen molar-refractivity contribution >= 4 is 5.97 Å². The standard InChI is InChI=1S/C15H29NO2/c1-13(2)8-11-16(3)12-15(14(17)18)9-6-4-5-7-10-15/h13H,4-12H2,1-3H3,(H,17,18). The Kier molecular flexibility index (Phi) is 6.13. The largest absolute Gasteiger partial charge is 0.481 e. The average Bonchev–Trinajstić information content (AvgIpc) is 2.53. The van der Waals surface area contributed by atoms with Gasteiger partial charge in [-0.25, -0.2) is 0 Å². The molecule has 0 spiro atoms. The zero-order valence-corrected chi connectivity index (χ0v) is 12.2. The molecule has 0 aromatic rings. The van der Waals surface area contributed by atoms with E-state index in [2.05, 4.69) is 25.8 Å². The van der Waals surface area contributed by atoms with Crippen molar-refractivity contribution in [2.24, 2.45) is 11.3 Å². The predicted octanol–water partition coefficient (Wildman–Crippen LogP) is 3.39. The molecule has 0 atom stereocenters. The van der Waals surface area contributed by atoms with E-state index in [0.29, 0.717) is 5.92 Å². The van der Waals surface area contributed by atoms with Gasteiger partial charge < -0.3 is 10.0 Å². The van der Waals surface area contributed by atoms with Crippen molar-refractivity contribution in [1.82, 2.24) is 4.90 Å². The Morgan fingerprint density at radius 2 is 1.78 bits per heavy atom. The molecule has 0 bridgehead atoms. The quantitative estimate of drug-likeness (QED) is 0.740. The first-order chi connectivity index (χ1) is 8.46. The van der Waals surface area contributed by atoms with E-state index in [9.17, 15) is 9.90 Å². The summed E-state index contributed by atoms with van der Waals surface area (Å²) in [5, 5.41) is 9.61. The second-order valence-corrected chi connectivity index (χ2v) is 6.42. The fourth-order valence-electron chi connectivity index (χ4n) is 2.92. The van der Waals surface area contributed by atoms with Gasteiger partial charge in [0.2, 0.25) is 0 Å². The van der Waals surface area contributed by atoms with E-state index < -0.39 is 11.4 Å². The molecule has 3 nitrogen and oxygen atoms in total. The van der Waals surface area contributed by atoms with E-state index in [1.165, 1.54) is 12.8 Å². The summed E-state index contributed by atoms with van der Waals surface area (Å²) >= 11 is 0. The summed E-state index contributed by atoms with van der Waals surface area (Å²) in [5.41, 5.74) is -0.484. The van der Waals surface area contributed by atoms with Crippen LogP contribution in [-0.2, 0) is 4.79 Å². The highest BCUT2D eigenvalue weighted by atomic mass is 16.4. The van der Waals surface area contributed by atoms with Crippen molar-refractivity contribution in [3.63, 3.8) is 0 Å². The van der Waals surface area contributed by atoms with Crippen molar-refractivity contribution in [1.29, 1.82) is 0 Å². The van der Waals surface area contributed by atoms with Gasteiger partial charge in [-0.15, -0.1) is 0 Å². The summed E-state index contributed by atoms with van der Waals surface area (Å²) < 4.78 is 0. The molecule has 1 N–H and O–H groups in total. The van der Waals surface area contributed by atoms with Crippen LogP contribution in [0.2, 0.25) is 0 Å². The molecule has 1 saturated carbocycles. The minimum absolute atomic E-state index is 0.484. The number of nitrogens with zero attached hydrogens (tertiary/aromatic N) is 1. The maximum atomic E-state index is 11.7. The Morgan fingerprint density at radius 1 is 1.22 bits per heavy atom. The summed E-state index contributed by atoms with van der Waals surface area (Å²) in [7, 11) is 2.07. The fraction of sp³-hybridized carbons (Fsp3) is 0.933. The molecule has 0 unspecified atom stereocenters. The van der Waals surface area contributed by atoms with Crippen LogP contribution < -0.4 is 0 Å². The van der Waals surface area contributed by atoms with Crippen molar-refractivity contribution in [2.45, 2.75) is 58.8 Å². The Bertz CT molecular complexity index is 255. The minimum atomic E-state index is -0.583. The van der Waals surface area contributed by atoms with Crippen LogP contribution >= 0.6 is 0 Å². The van der Waals surface area contributed by atoms with Crippen molar-refractivity contribution in [3.8, 4) is 0 Å². The topological polar surface area (TPSA) is 40.5 Å². The van der Waals surface area contributed by atoms with E-state index in [-0.39, 0.29) is 0 Å². The fourth-order valence-corrected chi connectivity index (χ4v) is 2.92. The maximum absolute atomic E-state index is 11.7. The zero-order valence-electron chi connectivity index (χ0n) is 12.2. The molecule has 0 heterocycles. The van der Waals surface area contributed by atoms with Gasteiger partial charge in [-0.1, -0.05) is 39.5 Å². The monoisotopic (exact) mass is 255 g/mol. The lowest BCUT2D eigenvalue weighted by molar-refractivity contribution is -0.151. The van der Waals surface area contributed by atoms with Crippen LogP contribution in [0.25, 0.3) is 0 Å². The van der Waals surface area contributed by atoms with Crippen LogP contribution in [0, 0.1) is 11.3 Å². The molecule has 1 aliphatic carbocycles. The van der Waals surface area contributed by atoms with Crippen LogP contribution in [-0.4, -0.2) is 36.1 Å². The van der Waals surface area contributed by atoms with Gasteiger partial charge in [0, 0.05) is 6.54 Å². The SMILES string of the molecule is CC(C)CCN(C)CC1(C(=O)O)CCCCCC1. The molecule has 18 heavy (non-hydrogen) atoms. The number of hydrogen-bond donors (Lipinski definition) is 1. The highest BCUT2D eigenvalue weighted by Crippen LogP contribution is 2.36. The van der Waals surface area contributed by atoms with Crippen LogP contribution in [0.5, 0.6) is 0 Å². The van der Waals surface area contributed by atoms with Crippen molar-refractivity contribution in [2.75, 3.05) is 20.1 Å². The molecule has 1 rings (SSSR count). The molecule has 0 aromatic heterocycles. The molecule has 0 aromatic carbocycles. The van der Waals surface area contributed by atoms with Crippen LogP contribution in [0.3, 0.4) is 0 Å². The number of carboxylic acid groups (broad SMARTS) is 1. The van der Waals surface area contributed by atoms with E-state index in [0.717, 1.165) is 45.2 Å². The average molecular weight is 255 g/mol. The van der Waals surface area contributed by atoms with E-state index in [1.807, 2.05) is 0 Å². The van der Waals surface area contributed by atoms with Crippen molar-refractivity contribution < 1.29 is 9.90 Å². The van der Waals surface area contributed by atoms with Gasteiger partial charge in [0.05, 0.1) is 5.41 Å². The van der Waals surface area contributed by atoms with Gasteiger partial charge in [-0.2, -0.15) is 0 Å². The first-order valence-corrected chi connectivity index (χ1v) is 7.38. The molecule has 0 amide bonds. The summed E-state index contributed by atoms with van der Waals surface area (Å²) in [6.07, 6.45) is 7.40. The van der Waals surface area contributed by atoms with Gasteiger partial charge in [0.1, 0.15) is 0 Å². The number of hydrogen-bond acceptors (Lipinski definition) is 2. The van der Waals surface area contributed by atoms with Crippen LogP contribution in [0.1, 0.15) is 58.8 Å². The second-order valence-electron chi connectivity index (χ2n) is 6.42. The lowest BCUT2D eigenvalue weighted by Gasteiger charge is -2.33. The Balaban J connectivity index is 2.58. The first-order valence-electron chi connectivity index (χ1n) is 7.38. The van der Waals surface area contributed by atoms with E-state index >= 15 is 0 Å². The third-order valence-corrected chi connectivity index (χ3v) is 4.18. The Morgan fingerprint density at radius 3 is 2.22 bits per heavy atom. The van der Waals surface area contributed by atoms with Gasteiger partial charge in [-0.05, 0) is 38.8 Å². The second kappa shape index (κ2) is 7.13. The number of rotatable bonds is 6. The van der Waals surface area contributed by atoms with Gasteiger partial charge in [0.15, 0.2) is 0 Å². The highest BCUT2D eigenvalue weighted by molar-refractivity contribution is 5.75. The van der Waals surface area contributed by atoms with Crippen molar-refractivity contribution in [3.05, 3.63) is 0 Å². The molecular weight excluding hydrogens is 226 g/mol. The molecule has 1 aliphatic rings. The van der Waals surface area contributed by atoms with Gasteiger partial charge >= 0.3 is 5.97 Å². The number of carbonyl (C=O) groups is 1. The first kappa shape index (κ1) is 15.5. The van der Waals surface area contributed by atoms with Crippen LogP contribution in [0.15, 0.2) is 0 Å². The smallest absolute Gasteiger partial charge is 0.310 e. The van der Waals surface area contributed by atoms with E-state index in [4.69, 9.17) is 0 Å². The molecular formula is C15H29NO2. The summed E-state index contributed by atoms with van der Waals surface area (Å²) in [4.78, 5) is 13.9. The zero-order chi connectivity index (χ0) is 13.6.